The summed E-state index contributed by atoms with van der Waals surface area (Å²) in [6.07, 6.45) is 0. The number of hydrogen-bond acceptors (Lipinski definition) is 5. The molecule has 0 spiro atoms. The van der Waals surface area contributed by atoms with E-state index in [4.69, 9.17) is 5.73 Å². The lowest BCUT2D eigenvalue weighted by Crippen LogP contribution is -2.55. The van der Waals surface area contributed by atoms with Gasteiger partial charge < -0.3 is 11.1 Å². The lowest BCUT2D eigenvalue weighted by atomic mass is 9.88. The number of rotatable bonds is 4. The van der Waals surface area contributed by atoms with Crippen molar-refractivity contribution in [1.82, 2.24) is 5.32 Å². The molecule has 3 rings (SSSR count). The molecule has 3 N–H and O–H groups in total. The number of carbonyl (C=O) groups is 2. The Morgan fingerprint density at radius 1 is 1.11 bits per heavy atom. The van der Waals surface area contributed by atoms with E-state index in [2.05, 4.69) is 5.32 Å². The molecule has 0 aromatic heterocycles. The Morgan fingerprint density at radius 2 is 1.71 bits per heavy atom. The van der Waals surface area contributed by atoms with Crippen LogP contribution in [0.3, 0.4) is 0 Å². The third-order valence-electron chi connectivity index (χ3n) is 5.30. The quantitative estimate of drug-likeness (QED) is 0.672. The van der Waals surface area contributed by atoms with Crippen LogP contribution in [0.2, 0.25) is 0 Å². The van der Waals surface area contributed by atoms with Crippen LogP contribution in [-0.2, 0) is 9.84 Å². The molecule has 0 fully saturated rings. The first-order valence-electron chi connectivity index (χ1n) is 8.67. The van der Waals surface area contributed by atoms with Gasteiger partial charge in [-0.25, -0.2) is 8.42 Å². The smallest absolute Gasteiger partial charge is 0.251 e. The molecule has 1 aliphatic heterocycles. The second-order valence-corrected chi connectivity index (χ2v) is 9.16. The van der Waals surface area contributed by atoms with Gasteiger partial charge >= 0.3 is 0 Å². The van der Waals surface area contributed by atoms with E-state index in [-0.39, 0.29) is 57.1 Å². The van der Waals surface area contributed by atoms with Gasteiger partial charge in [-0.05, 0) is 43.2 Å². The maximum absolute atomic E-state index is 13.0. The monoisotopic (exact) mass is 422 g/mol. The van der Waals surface area contributed by atoms with E-state index in [1.54, 1.807) is 12.1 Å². The Hall–Kier alpha value is -2.22. The number of halogens is 1. The van der Waals surface area contributed by atoms with Crippen molar-refractivity contribution in [2.75, 3.05) is 6.54 Å². The van der Waals surface area contributed by atoms with Crippen molar-refractivity contribution < 1.29 is 18.0 Å². The summed E-state index contributed by atoms with van der Waals surface area (Å²) >= 11 is 0. The molecule has 1 aliphatic rings. The molecule has 8 heteroatoms. The highest BCUT2D eigenvalue weighted by Gasteiger charge is 2.35. The number of amides is 1. The predicted molar refractivity (Wildman–Crippen MR) is 109 cm³/mol. The third-order valence-corrected chi connectivity index (χ3v) is 7.15. The summed E-state index contributed by atoms with van der Waals surface area (Å²) in [5, 5.41) is 2.88. The van der Waals surface area contributed by atoms with Gasteiger partial charge in [0, 0.05) is 23.2 Å². The molecule has 1 heterocycles. The topological polar surface area (TPSA) is 106 Å². The van der Waals surface area contributed by atoms with Gasteiger partial charge in [0.15, 0.2) is 5.78 Å². The Balaban J connectivity index is 0.00000280. The molecule has 1 atom stereocenters. The van der Waals surface area contributed by atoms with Crippen LogP contribution in [0.1, 0.15) is 47.1 Å². The average molecular weight is 423 g/mol. The van der Waals surface area contributed by atoms with E-state index in [1.807, 2.05) is 20.8 Å². The summed E-state index contributed by atoms with van der Waals surface area (Å²) in [4.78, 5) is 25.2. The lowest BCUT2D eigenvalue weighted by molar-refractivity contribution is 0.0882. The molecule has 150 valence electrons. The maximum Gasteiger partial charge on any atom is 0.251 e. The van der Waals surface area contributed by atoms with Crippen molar-refractivity contribution in [3.63, 3.8) is 0 Å². The lowest BCUT2D eigenvalue weighted by Gasteiger charge is -2.33. The number of fused-ring (bicyclic) bond motifs is 2. The van der Waals surface area contributed by atoms with E-state index >= 15 is 0 Å². The minimum absolute atomic E-state index is 0. The molecule has 0 saturated carbocycles. The molecule has 2 aromatic carbocycles. The standard InChI is InChI=1S/C20H22N2O4S.ClH/c1-12(2)20(3,11-21)22-19(24)13-8-9-15-17(10-13)27(25,26)16-7-5-4-6-14(16)18(15)23;/h4-10,12H,11,21H2,1-3H3,(H,22,24);1H. The largest absolute Gasteiger partial charge is 0.345 e. The Morgan fingerprint density at radius 3 is 2.32 bits per heavy atom. The zero-order valence-electron chi connectivity index (χ0n) is 15.9. The molecular formula is C20H23ClN2O4S. The number of hydrogen-bond donors (Lipinski definition) is 2. The zero-order chi connectivity index (χ0) is 20.0. The van der Waals surface area contributed by atoms with Crippen molar-refractivity contribution in [3.8, 4) is 0 Å². The number of benzene rings is 2. The van der Waals surface area contributed by atoms with Crippen molar-refractivity contribution >= 4 is 33.9 Å². The molecule has 1 amide bonds. The van der Waals surface area contributed by atoms with Crippen molar-refractivity contribution in [1.29, 1.82) is 0 Å². The van der Waals surface area contributed by atoms with Crippen LogP contribution >= 0.6 is 12.4 Å². The third kappa shape index (κ3) is 3.45. The fraction of sp³-hybridized carbons (Fsp3) is 0.300. The minimum atomic E-state index is -3.88. The fourth-order valence-corrected chi connectivity index (χ4v) is 4.67. The molecule has 6 nitrogen and oxygen atoms in total. The van der Waals surface area contributed by atoms with E-state index in [9.17, 15) is 18.0 Å². The Bertz CT molecular complexity index is 1050. The SMILES string of the molecule is CC(C)C(C)(CN)NC(=O)c1ccc2c(c1)S(=O)(=O)c1ccccc1C2=O.Cl. The molecule has 0 radical (unpaired) electrons. The molecule has 2 aromatic rings. The van der Waals surface area contributed by atoms with Crippen LogP contribution in [0.15, 0.2) is 52.3 Å². The number of nitrogens with one attached hydrogen (secondary N) is 1. The molecular weight excluding hydrogens is 400 g/mol. The van der Waals surface area contributed by atoms with Crippen molar-refractivity contribution in [2.24, 2.45) is 11.7 Å². The first-order chi connectivity index (χ1) is 12.6. The fourth-order valence-electron chi connectivity index (χ4n) is 2.99. The first kappa shape index (κ1) is 22.1. The number of nitrogens with two attached hydrogens (primary N) is 1. The first-order valence-corrected chi connectivity index (χ1v) is 10.2. The van der Waals surface area contributed by atoms with Gasteiger partial charge in [0.25, 0.3) is 5.91 Å². The number of carbonyl (C=O) groups excluding carboxylic acids is 2. The summed E-state index contributed by atoms with van der Waals surface area (Å²) in [5.74, 6) is -0.710. The van der Waals surface area contributed by atoms with Crippen LogP contribution < -0.4 is 11.1 Å². The molecule has 0 aliphatic carbocycles. The van der Waals surface area contributed by atoms with Gasteiger partial charge in [-0.1, -0.05) is 26.0 Å². The highest BCUT2D eigenvalue weighted by molar-refractivity contribution is 7.91. The molecule has 28 heavy (non-hydrogen) atoms. The summed E-state index contributed by atoms with van der Waals surface area (Å²) < 4.78 is 25.9. The van der Waals surface area contributed by atoms with Gasteiger partial charge in [0.2, 0.25) is 9.84 Å². The predicted octanol–water partition coefficient (Wildman–Crippen LogP) is 2.59. The zero-order valence-corrected chi connectivity index (χ0v) is 17.5. The average Bonchev–Trinajstić information content (AvgIpc) is 2.65. The van der Waals surface area contributed by atoms with E-state index in [0.29, 0.717) is 0 Å². The van der Waals surface area contributed by atoms with Crippen LogP contribution in [0.5, 0.6) is 0 Å². The summed E-state index contributed by atoms with van der Waals surface area (Å²) in [6.45, 7) is 5.97. The molecule has 1 unspecified atom stereocenters. The summed E-state index contributed by atoms with van der Waals surface area (Å²) in [7, 11) is -3.88. The van der Waals surface area contributed by atoms with Gasteiger partial charge in [-0.3, -0.25) is 9.59 Å². The summed E-state index contributed by atoms with van der Waals surface area (Å²) in [6, 6.07) is 10.2. The molecule has 0 saturated heterocycles. The van der Waals surface area contributed by atoms with Crippen LogP contribution in [0, 0.1) is 5.92 Å². The van der Waals surface area contributed by atoms with Gasteiger partial charge in [0.1, 0.15) is 0 Å². The van der Waals surface area contributed by atoms with Gasteiger partial charge in [0.05, 0.1) is 15.3 Å². The van der Waals surface area contributed by atoms with Crippen LogP contribution in [0.25, 0.3) is 0 Å². The number of sulfone groups is 1. The van der Waals surface area contributed by atoms with E-state index in [0.717, 1.165) is 0 Å². The Labute approximate surface area is 170 Å². The Kier molecular flexibility index (Phi) is 6.04. The number of ketones is 1. The van der Waals surface area contributed by atoms with Crippen LogP contribution in [0.4, 0.5) is 0 Å². The highest BCUT2D eigenvalue weighted by atomic mass is 35.5. The van der Waals surface area contributed by atoms with Crippen LogP contribution in [-0.4, -0.2) is 32.2 Å². The summed E-state index contributed by atoms with van der Waals surface area (Å²) in [5.41, 5.74) is 5.57. The van der Waals surface area contributed by atoms with Crippen molar-refractivity contribution in [3.05, 3.63) is 59.2 Å². The maximum atomic E-state index is 13.0. The van der Waals surface area contributed by atoms with E-state index in [1.165, 1.54) is 30.3 Å². The minimum Gasteiger partial charge on any atom is -0.345 e. The second-order valence-electron chi connectivity index (χ2n) is 7.27. The van der Waals surface area contributed by atoms with Crippen molar-refractivity contribution in [2.45, 2.75) is 36.1 Å². The second kappa shape index (κ2) is 7.66. The van der Waals surface area contributed by atoms with Gasteiger partial charge in [-0.2, -0.15) is 0 Å². The van der Waals surface area contributed by atoms with Gasteiger partial charge in [-0.15, -0.1) is 12.4 Å². The molecule has 0 bridgehead atoms. The highest BCUT2D eigenvalue weighted by Crippen LogP contribution is 2.34. The normalized spacial score (nSPS) is 16.4. The van der Waals surface area contributed by atoms with E-state index < -0.39 is 21.3 Å².